The second-order valence-electron chi connectivity index (χ2n) is 6.75. The van der Waals surface area contributed by atoms with E-state index in [0.29, 0.717) is 10.9 Å². The zero-order valence-electron chi connectivity index (χ0n) is 18.0. The number of aryl methyl sites for hydroxylation is 1. The Morgan fingerprint density at radius 3 is 1.81 bits per heavy atom. The second kappa shape index (κ2) is 10.9. The summed E-state index contributed by atoms with van der Waals surface area (Å²) >= 11 is 0. The fourth-order valence-electron chi connectivity index (χ4n) is 2.44. The van der Waals surface area contributed by atoms with Gasteiger partial charge in [0.05, 0.1) is 12.0 Å². The van der Waals surface area contributed by atoms with Crippen molar-refractivity contribution in [3.8, 4) is 11.5 Å². The van der Waals surface area contributed by atoms with Crippen LogP contribution in [0.2, 0.25) is 0 Å². The lowest BCUT2D eigenvalue weighted by atomic mass is 10.2. The van der Waals surface area contributed by atoms with Gasteiger partial charge in [-0.2, -0.15) is 8.42 Å². The van der Waals surface area contributed by atoms with Crippen LogP contribution in [0.5, 0.6) is 11.5 Å². The van der Waals surface area contributed by atoms with E-state index in [1.807, 2.05) is 6.92 Å². The minimum Gasteiger partial charge on any atom is -0.744 e. The molecule has 0 atom stereocenters. The number of benzene rings is 3. The second-order valence-corrected chi connectivity index (χ2v) is 11.8. The summed E-state index contributed by atoms with van der Waals surface area (Å²) in [6, 6.07) is 19.5. The molecule has 3 rings (SSSR count). The van der Waals surface area contributed by atoms with Crippen LogP contribution in [0.25, 0.3) is 0 Å². The zero-order chi connectivity index (χ0) is 23.9. The lowest BCUT2D eigenvalue weighted by Gasteiger charge is -2.13. The summed E-state index contributed by atoms with van der Waals surface area (Å²) in [5.74, 6) is -0.405. The minimum atomic E-state index is -4.69. The van der Waals surface area contributed by atoms with E-state index >= 15 is 0 Å². The molecule has 3 aromatic rings. The molecular weight excluding hydrogens is 472 g/mol. The van der Waals surface area contributed by atoms with Gasteiger partial charge in [0.15, 0.2) is 16.4 Å². The molecule has 172 valence electrons. The molecule has 0 N–H and O–H groups in total. The number of hydrogen-bond donors (Lipinski definition) is 0. The molecule has 0 radical (unpaired) electrons. The quantitative estimate of drug-likeness (QED) is 0.291. The van der Waals surface area contributed by atoms with Crippen LogP contribution in [0.15, 0.2) is 87.5 Å². The van der Waals surface area contributed by atoms with Gasteiger partial charge in [0.2, 0.25) is 0 Å². The first kappa shape index (κ1) is 25.7. The molecule has 0 saturated carbocycles. The third-order valence-electron chi connectivity index (χ3n) is 4.15. The van der Waals surface area contributed by atoms with E-state index in [2.05, 4.69) is 42.8 Å². The van der Waals surface area contributed by atoms with Crippen LogP contribution in [-0.2, 0) is 31.1 Å². The lowest BCUT2D eigenvalue weighted by Crippen LogP contribution is -2.11. The molecule has 0 aromatic heterocycles. The smallest absolute Gasteiger partial charge is 0.339 e. The van der Waals surface area contributed by atoms with Gasteiger partial charge < -0.3 is 13.5 Å². The molecule has 0 fully saturated rings. The van der Waals surface area contributed by atoms with E-state index in [9.17, 15) is 21.4 Å². The van der Waals surface area contributed by atoms with Gasteiger partial charge in [0.25, 0.3) is 0 Å². The van der Waals surface area contributed by atoms with Gasteiger partial charge in [0, 0.05) is 17.0 Å². The van der Waals surface area contributed by atoms with E-state index in [-0.39, 0.29) is 16.4 Å². The van der Waals surface area contributed by atoms with Crippen molar-refractivity contribution in [3.63, 3.8) is 0 Å². The Hall–Kier alpha value is -2.53. The van der Waals surface area contributed by atoms with Crippen LogP contribution in [-0.4, -0.2) is 41.0 Å². The van der Waals surface area contributed by atoms with Crippen LogP contribution < -0.4 is 8.92 Å². The standard InChI is InChI=1S/C14H14O7S2.C8H11S/c1-10-3-5-11(6-4-10)23(18,19)21-13-8-7-12(22(15,16)17)9-14(13)20-2;1-9(2)8-6-4-3-5-7-8/h3-9H,1-2H3,(H,15,16,17);3-7H,1-2H3/q;+1/p-1. The summed E-state index contributed by atoms with van der Waals surface area (Å²) in [7, 11) is -7.19. The van der Waals surface area contributed by atoms with Gasteiger partial charge in [-0.3, -0.25) is 0 Å². The molecule has 0 aliphatic rings. The van der Waals surface area contributed by atoms with Crippen molar-refractivity contribution in [1.82, 2.24) is 0 Å². The molecule has 10 heteroatoms. The van der Waals surface area contributed by atoms with Crippen molar-refractivity contribution < 1.29 is 30.3 Å². The Morgan fingerprint density at radius 2 is 1.34 bits per heavy atom. The van der Waals surface area contributed by atoms with Gasteiger partial charge in [-0.25, -0.2) is 8.42 Å². The Morgan fingerprint density at radius 1 is 0.781 bits per heavy atom. The topological polar surface area (TPSA) is 110 Å². The van der Waals surface area contributed by atoms with E-state index in [1.54, 1.807) is 12.1 Å². The minimum absolute atomic E-state index is 0.0642. The molecule has 0 saturated heterocycles. The van der Waals surface area contributed by atoms with E-state index in [1.165, 1.54) is 24.1 Å². The fourth-order valence-corrected chi connectivity index (χ4v) is 4.56. The van der Waals surface area contributed by atoms with Crippen molar-refractivity contribution >= 4 is 31.1 Å². The highest BCUT2D eigenvalue weighted by atomic mass is 32.2. The zero-order valence-corrected chi connectivity index (χ0v) is 20.5. The van der Waals surface area contributed by atoms with E-state index in [4.69, 9.17) is 8.92 Å². The van der Waals surface area contributed by atoms with Gasteiger partial charge in [-0.15, -0.1) is 0 Å². The lowest BCUT2D eigenvalue weighted by molar-refractivity contribution is 0.388. The predicted molar refractivity (Wildman–Crippen MR) is 124 cm³/mol. The first-order valence-electron chi connectivity index (χ1n) is 9.22. The summed E-state index contributed by atoms with van der Waals surface area (Å²) in [5, 5.41) is 0. The molecule has 0 heterocycles. The maximum atomic E-state index is 12.2. The van der Waals surface area contributed by atoms with Crippen LogP contribution in [0.4, 0.5) is 0 Å². The van der Waals surface area contributed by atoms with E-state index in [0.717, 1.165) is 23.8 Å². The van der Waals surface area contributed by atoms with Crippen molar-refractivity contribution in [3.05, 3.63) is 78.4 Å². The maximum Gasteiger partial charge on any atom is 0.339 e. The average Bonchev–Trinajstić information content (AvgIpc) is 2.74. The third kappa shape index (κ3) is 7.27. The van der Waals surface area contributed by atoms with Gasteiger partial charge >= 0.3 is 10.1 Å². The van der Waals surface area contributed by atoms with Crippen molar-refractivity contribution in [1.29, 1.82) is 0 Å². The molecule has 0 aliphatic heterocycles. The normalized spacial score (nSPS) is 11.4. The molecule has 0 unspecified atom stereocenters. The number of hydrogen-bond acceptors (Lipinski definition) is 7. The molecule has 3 aromatic carbocycles. The highest BCUT2D eigenvalue weighted by Crippen LogP contribution is 2.32. The highest BCUT2D eigenvalue weighted by molar-refractivity contribution is 7.95. The Balaban J connectivity index is 0.000000336. The van der Waals surface area contributed by atoms with Crippen LogP contribution >= 0.6 is 0 Å². The van der Waals surface area contributed by atoms with Crippen molar-refractivity contribution in [2.24, 2.45) is 0 Å². The summed E-state index contributed by atoms with van der Waals surface area (Å²) in [6.07, 6.45) is 4.46. The average molecular weight is 497 g/mol. The predicted octanol–water partition coefficient (Wildman–Crippen LogP) is 3.60. The van der Waals surface area contributed by atoms with Crippen molar-refractivity contribution in [2.45, 2.75) is 21.6 Å². The monoisotopic (exact) mass is 496 g/mol. The van der Waals surface area contributed by atoms with Gasteiger partial charge in [0.1, 0.15) is 27.5 Å². The van der Waals surface area contributed by atoms with E-state index < -0.39 is 25.1 Å². The Labute approximate surface area is 192 Å². The summed E-state index contributed by atoms with van der Waals surface area (Å²) in [6.45, 7) is 1.81. The SMILES string of the molecule is COc1cc(S(=O)(=O)[O-])ccc1OS(=O)(=O)c1ccc(C)cc1.C[S+](C)c1ccccc1. The van der Waals surface area contributed by atoms with Gasteiger partial charge in [-0.1, -0.05) is 35.9 Å². The molecule has 0 bridgehead atoms. The summed E-state index contributed by atoms with van der Waals surface area (Å²) in [4.78, 5) is 0.831. The maximum absolute atomic E-state index is 12.2. The van der Waals surface area contributed by atoms with Crippen LogP contribution in [0.3, 0.4) is 0 Å². The van der Waals surface area contributed by atoms with Gasteiger partial charge in [-0.05, 0) is 43.3 Å². The number of methoxy groups -OCH3 is 1. The summed E-state index contributed by atoms with van der Waals surface area (Å²) in [5.41, 5.74) is 0.881. The molecule has 32 heavy (non-hydrogen) atoms. The molecular formula is C22H24O7S3. The number of ether oxygens (including phenoxy) is 1. The molecule has 0 amide bonds. The van der Waals surface area contributed by atoms with Crippen molar-refractivity contribution in [2.75, 3.05) is 19.6 Å². The fraction of sp³-hybridized carbons (Fsp3) is 0.182. The molecule has 0 spiro atoms. The Kier molecular flexibility index (Phi) is 8.73. The largest absolute Gasteiger partial charge is 0.744 e. The first-order valence-corrected chi connectivity index (χ1v) is 14.1. The third-order valence-corrected chi connectivity index (χ3v) is 7.44. The highest BCUT2D eigenvalue weighted by Gasteiger charge is 2.20. The summed E-state index contributed by atoms with van der Waals surface area (Å²) < 4.78 is 67.2. The number of rotatable bonds is 6. The Bertz CT molecular complexity index is 1240. The first-order chi connectivity index (χ1) is 14.9. The van der Waals surface area contributed by atoms with Crippen LogP contribution in [0.1, 0.15) is 5.56 Å². The molecule has 0 aliphatic carbocycles. The van der Waals surface area contributed by atoms with Crippen LogP contribution in [0, 0.1) is 6.92 Å². The molecule has 7 nitrogen and oxygen atoms in total.